The first kappa shape index (κ1) is 19.2. The van der Waals surface area contributed by atoms with E-state index in [1.54, 1.807) is 6.08 Å². The summed E-state index contributed by atoms with van der Waals surface area (Å²) in [6.45, 7) is 2.57. The lowest BCUT2D eigenvalue weighted by molar-refractivity contribution is -0.125. The van der Waals surface area contributed by atoms with Crippen molar-refractivity contribution in [2.45, 2.75) is 57.9 Å². The van der Waals surface area contributed by atoms with Gasteiger partial charge in [0.1, 0.15) is 0 Å². The van der Waals surface area contributed by atoms with Crippen LogP contribution in [0.25, 0.3) is 6.08 Å². The zero-order valence-electron chi connectivity index (χ0n) is 16.8. The molecule has 1 atom stereocenters. The van der Waals surface area contributed by atoms with E-state index in [1.165, 1.54) is 44.6 Å². The van der Waals surface area contributed by atoms with Crippen LogP contribution in [0.3, 0.4) is 0 Å². The average molecular weight is 381 g/mol. The van der Waals surface area contributed by atoms with Crippen LogP contribution < -0.4 is 10.6 Å². The molecule has 0 aromatic heterocycles. The van der Waals surface area contributed by atoms with Gasteiger partial charge in [0.25, 0.3) is 0 Å². The molecule has 4 fully saturated rings. The van der Waals surface area contributed by atoms with Crippen molar-refractivity contribution in [1.29, 1.82) is 0 Å². The van der Waals surface area contributed by atoms with Crippen molar-refractivity contribution in [3.8, 4) is 0 Å². The van der Waals surface area contributed by atoms with Gasteiger partial charge in [0, 0.05) is 25.1 Å². The van der Waals surface area contributed by atoms with E-state index < -0.39 is 0 Å². The molecular formula is C24H32N2O2. The van der Waals surface area contributed by atoms with Crippen LogP contribution in [0.2, 0.25) is 0 Å². The van der Waals surface area contributed by atoms with Gasteiger partial charge in [-0.05, 0) is 80.3 Å². The average Bonchev–Trinajstić information content (AvgIpc) is 2.66. The number of nitrogens with one attached hydrogen (secondary N) is 2. The molecule has 1 aromatic rings. The summed E-state index contributed by atoms with van der Waals surface area (Å²) >= 11 is 0. The molecule has 4 saturated carbocycles. The highest BCUT2D eigenvalue weighted by Crippen LogP contribution is 2.61. The van der Waals surface area contributed by atoms with Gasteiger partial charge in [0.05, 0.1) is 0 Å². The predicted molar refractivity (Wildman–Crippen MR) is 111 cm³/mol. The monoisotopic (exact) mass is 380 g/mol. The van der Waals surface area contributed by atoms with E-state index in [-0.39, 0.29) is 17.9 Å². The third-order valence-electron chi connectivity index (χ3n) is 7.26. The quantitative estimate of drug-likeness (QED) is 0.704. The van der Waals surface area contributed by atoms with Crippen LogP contribution in [0.5, 0.6) is 0 Å². The van der Waals surface area contributed by atoms with Gasteiger partial charge in [-0.2, -0.15) is 0 Å². The van der Waals surface area contributed by atoms with Crippen molar-refractivity contribution in [3.63, 3.8) is 0 Å². The summed E-state index contributed by atoms with van der Waals surface area (Å²) in [6, 6.07) is 9.95. The summed E-state index contributed by atoms with van der Waals surface area (Å²) in [5.74, 6) is 2.56. The van der Waals surface area contributed by atoms with Gasteiger partial charge >= 0.3 is 0 Å². The lowest BCUT2D eigenvalue weighted by atomic mass is 9.48. The Bertz CT molecular complexity index is 705. The first-order chi connectivity index (χ1) is 13.5. The Morgan fingerprint density at radius 3 is 2.29 bits per heavy atom. The zero-order chi connectivity index (χ0) is 19.6. The molecule has 1 aromatic carbocycles. The maximum absolute atomic E-state index is 12.4. The second-order valence-electron chi connectivity index (χ2n) is 9.35. The summed E-state index contributed by atoms with van der Waals surface area (Å²) in [7, 11) is 0. The van der Waals surface area contributed by atoms with E-state index in [2.05, 4.69) is 17.6 Å². The molecular weight excluding hydrogens is 348 g/mol. The first-order valence-corrected chi connectivity index (χ1v) is 10.8. The van der Waals surface area contributed by atoms with Gasteiger partial charge in [-0.15, -0.1) is 0 Å². The smallest absolute Gasteiger partial charge is 0.244 e. The van der Waals surface area contributed by atoms with Crippen molar-refractivity contribution < 1.29 is 9.59 Å². The minimum absolute atomic E-state index is 0.0515. The molecule has 0 spiro atoms. The van der Waals surface area contributed by atoms with Crippen molar-refractivity contribution in [3.05, 3.63) is 42.0 Å². The summed E-state index contributed by atoms with van der Waals surface area (Å²) < 4.78 is 0. The fourth-order valence-corrected chi connectivity index (χ4v) is 6.27. The van der Waals surface area contributed by atoms with E-state index in [4.69, 9.17) is 0 Å². The van der Waals surface area contributed by atoms with E-state index in [0.29, 0.717) is 18.4 Å². The van der Waals surface area contributed by atoms with Gasteiger partial charge in [0.15, 0.2) is 0 Å². The Balaban J connectivity index is 1.20. The van der Waals surface area contributed by atoms with Crippen LogP contribution >= 0.6 is 0 Å². The first-order valence-electron chi connectivity index (χ1n) is 10.8. The van der Waals surface area contributed by atoms with Gasteiger partial charge in [-0.25, -0.2) is 0 Å². The van der Waals surface area contributed by atoms with Crippen molar-refractivity contribution >= 4 is 17.9 Å². The molecule has 4 nitrogen and oxygen atoms in total. The Morgan fingerprint density at radius 1 is 1.07 bits per heavy atom. The van der Waals surface area contributed by atoms with Crippen LogP contribution in [0.1, 0.15) is 57.4 Å². The maximum Gasteiger partial charge on any atom is 0.244 e. The van der Waals surface area contributed by atoms with E-state index in [9.17, 15) is 9.59 Å². The minimum atomic E-state index is -0.161. The highest BCUT2D eigenvalue weighted by Gasteiger charge is 2.53. The zero-order valence-corrected chi connectivity index (χ0v) is 16.8. The Hall–Kier alpha value is -2.10. The second-order valence-corrected chi connectivity index (χ2v) is 9.35. The predicted octanol–water partition coefficient (Wildman–Crippen LogP) is 3.93. The molecule has 0 saturated heterocycles. The normalized spacial score (nSPS) is 31.7. The van der Waals surface area contributed by atoms with Crippen LogP contribution in [0.15, 0.2) is 36.4 Å². The molecule has 0 aliphatic heterocycles. The Morgan fingerprint density at radius 2 is 1.68 bits per heavy atom. The number of carbonyl (C=O) groups is 2. The number of amides is 2. The lowest BCUT2D eigenvalue weighted by Crippen LogP contribution is -2.56. The van der Waals surface area contributed by atoms with E-state index >= 15 is 0 Å². The van der Waals surface area contributed by atoms with Gasteiger partial charge in [-0.3, -0.25) is 9.59 Å². The third kappa shape index (κ3) is 4.31. The number of benzene rings is 1. The molecule has 28 heavy (non-hydrogen) atoms. The fraction of sp³-hybridized carbons (Fsp3) is 0.583. The molecule has 4 aliphatic carbocycles. The van der Waals surface area contributed by atoms with Crippen molar-refractivity contribution in [2.75, 3.05) is 6.54 Å². The standard InChI is InChI=1S/C24H32N2O2/c1-17(24-14-19-11-20(15-24)13-21(12-19)16-24)26-23(28)9-10-25-22(27)8-7-18-5-3-2-4-6-18/h2-8,17,19-21H,9-16H2,1H3,(H,25,27)(H,26,28)/b8-7+/t17-,19?,20?,21?,24?/m0/s1. The highest BCUT2D eigenvalue weighted by atomic mass is 16.2. The van der Waals surface area contributed by atoms with E-state index in [1.807, 2.05) is 30.3 Å². The largest absolute Gasteiger partial charge is 0.353 e. The lowest BCUT2D eigenvalue weighted by Gasteiger charge is -2.59. The van der Waals surface area contributed by atoms with E-state index in [0.717, 1.165) is 23.3 Å². The number of carbonyl (C=O) groups excluding carboxylic acids is 2. The number of hydrogen-bond acceptors (Lipinski definition) is 2. The third-order valence-corrected chi connectivity index (χ3v) is 7.26. The van der Waals surface area contributed by atoms with Crippen LogP contribution in [0.4, 0.5) is 0 Å². The molecule has 4 heteroatoms. The number of hydrogen-bond donors (Lipinski definition) is 2. The van der Waals surface area contributed by atoms with Gasteiger partial charge in [-0.1, -0.05) is 30.3 Å². The minimum Gasteiger partial charge on any atom is -0.353 e. The van der Waals surface area contributed by atoms with Gasteiger partial charge < -0.3 is 10.6 Å². The topological polar surface area (TPSA) is 58.2 Å². The van der Waals surface area contributed by atoms with Gasteiger partial charge in [0.2, 0.25) is 11.8 Å². The second kappa shape index (κ2) is 8.10. The summed E-state index contributed by atoms with van der Waals surface area (Å²) in [4.78, 5) is 24.3. The number of rotatable bonds is 7. The molecule has 5 rings (SSSR count). The molecule has 2 N–H and O–H groups in total. The molecule has 0 heterocycles. The Kier molecular flexibility index (Phi) is 5.56. The van der Waals surface area contributed by atoms with Crippen molar-refractivity contribution in [2.24, 2.45) is 23.2 Å². The summed E-state index contributed by atoms with van der Waals surface area (Å²) in [5, 5.41) is 6.07. The summed E-state index contributed by atoms with van der Waals surface area (Å²) in [5.41, 5.74) is 1.31. The molecule has 4 bridgehead atoms. The molecule has 2 amide bonds. The molecule has 4 aliphatic rings. The fourth-order valence-electron chi connectivity index (χ4n) is 6.27. The molecule has 0 unspecified atom stereocenters. The van der Waals surface area contributed by atoms with Crippen LogP contribution in [-0.2, 0) is 9.59 Å². The maximum atomic E-state index is 12.4. The molecule has 150 valence electrons. The SMILES string of the molecule is C[C@H](NC(=O)CCNC(=O)/C=C/c1ccccc1)C12CC3CC(CC(C3)C1)C2. The van der Waals surface area contributed by atoms with Crippen molar-refractivity contribution in [1.82, 2.24) is 10.6 Å². The Labute approximate surface area is 168 Å². The summed E-state index contributed by atoms with van der Waals surface area (Å²) in [6.07, 6.45) is 11.8. The van der Waals surface area contributed by atoms with Crippen LogP contribution in [0, 0.1) is 23.2 Å². The molecule has 0 radical (unpaired) electrons. The highest BCUT2D eigenvalue weighted by molar-refractivity contribution is 5.92. The van der Waals surface area contributed by atoms with Crippen LogP contribution in [-0.4, -0.2) is 24.4 Å².